The van der Waals surface area contributed by atoms with Gasteiger partial charge in [-0.1, -0.05) is 35.5 Å². The predicted octanol–water partition coefficient (Wildman–Crippen LogP) is 3.59. The van der Waals surface area contributed by atoms with Gasteiger partial charge in [0.1, 0.15) is 11.4 Å². The summed E-state index contributed by atoms with van der Waals surface area (Å²) in [5, 5.41) is 6.86. The summed E-state index contributed by atoms with van der Waals surface area (Å²) in [7, 11) is 1.62. The van der Waals surface area contributed by atoms with Gasteiger partial charge in [0.25, 0.3) is 5.91 Å². The standard InChI is InChI=1S/C19H18N2O3/c1-13-6-3-4-9-17(13)19(22)20-12-15-11-18(24-21-15)14-7-5-8-16(10-14)23-2/h3-11H,12H2,1-2H3,(H,20,22). The van der Waals surface area contributed by atoms with Crippen LogP contribution in [0.25, 0.3) is 11.3 Å². The van der Waals surface area contributed by atoms with E-state index < -0.39 is 0 Å². The number of ether oxygens (including phenoxy) is 1. The number of hydrogen-bond acceptors (Lipinski definition) is 4. The molecular formula is C19H18N2O3. The Morgan fingerprint density at radius 2 is 2.00 bits per heavy atom. The summed E-state index contributed by atoms with van der Waals surface area (Å²) in [5.41, 5.74) is 3.13. The number of hydrogen-bond donors (Lipinski definition) is 1. The molecule has 0 fully saturated rings. The lowest BCUT2D eigenvalue weighted by molar-refractivity contribution is 0.0949. The summed E-state index contributed by atoms with van der Waals surface area (Å²) in [6.07, 6.45) is 0. The molecule has 0 spiro atoms. The monoisotopic (exact) mass is 322 g/mol. The molecule has 3 rings (SSSR count). The van der Waals surface area contributed by atoms with E-state index in [-0.39, 0.29) is 5.91 Å². The first-order chi connectivity index (χ1) is 11.7. The molecule has 0 saturated carbocycles. The van der Waals surface area contributed by atoms with E-state index in [4.69, 9.17) is 9.26 Å². The topological polar surface area (TPSA) is 64.4 Å². The van der Waals surface area contributed by atoms with Gasteiger partial charge in [-0.3, -0.25) is 4.79 Å². The highest BCUT2D eigenvalue weighted by Gasteiger charge is 2.11. The van der Waals surface area contributed by atoms with E-state index in [2.05, 4.69) is 10.5 Å². The molecule has 0 aliphatic heterocycles. The van der Waals surface area contributed by atoms with Crippen LogP contribution >= 0.6 is 0 Å². The van der Waals surface area contributed by atoms with Crippen LogP contribution in [0.2, 0.25) is 0 Å². The molecule has 1 N–H and O–H groups in total. The van der Waals surface area contributed by atoms with Crippen LogP contribution in [-0.4, -0.2) is 18.2 Å². The number of rotatable bonds is 5. The molecule has 0 unspecified atom stereocenters. The van der Waals surface area contributed by atoms with Gasteiger partial charge in [0, 0.05) is 17.2 Å². The average Bonchev–Trinajstić information content (AvgIpc) is 3.09. The Morgan fingerprint density at radius 3 is 2.79 bits per heavy atom. The third-order valence-corrected chi connectivity index (χ3v) is 3.73. The van der Waals surface area contributed by atoms with E-state index in [0.717, 1.165) is 16.9 Å². The maximum atomic E-state index is 12.2. The van der Waals surface area contributed by atoms with Gasteiger partial charge < -0.3 is 14.6 Å². The zero-order valence-electron chi connectivity index (χ0n) is 13.6. The average molecular weight is 322 g/mol. The SMILES string of the molecule is COc1cccc(-c2cc(CNC(=O)c3ccccc3C)no2)c1. The van der Waals surface area contributed by atoms with Gasteiger partial charge in [-0.2, -0.15) is 0 Å². The molecule has 0 bridgehead atoms. The maximum absolute atomic E-state index is 12.2. The summed E-state index contributed by atoms with van der Waals surface area (Å²) >= 11 is 0. The van der Waals surface area contributed by atoms with Crippen molar-refractivity contribution in [2.45, 2.75) is 13.5 Å². The summed E-state index contributed by atoms with van der Waals surface area (Å²) in [6.45, 7) is 2.21. The number of benzene rings is 2. The summed E-state index contributed by atoms with van der Waals surface area (Å²) in [6, 6.07) is 16.8. The van der Waals surface area contributed by atoms with Crippen LogP contribution in [0.5, 0.6) is 5.75 Å². The largest absolute Gasteiger partial charge is 0.497 e. The van der Waals surface area contributed by atoms with Gasteiger partial charge in [-0.25, -0.2) is 0 Å². The van der Waals surface area contributed by atoms with Crippen molar-refractivity contribution in [2.24, 2.45) is 0 Å². The van der Waals surface area contributed by atoms with Gasteiger partial charge in [0.05, 0.1) is 13.7 Å². The molecule has 24 heavy (non-hydrogen) atoms. The number of amides is 1. The smallest absolute Gasteiger partial charge is 0.251 e. The van der Waals surface area contributed by atoms with E-state index in [9.17, 15) is 4.79 Å². The van der Waals surface area contributed by atoms with Gasteiger partial charge in [-0.05, 0) is 30.7 Å². The van der Waals surface area contributed by atoms with Crippen LogP contribution in [0.15, 0.2) is 59.1 Å². The minimum Gasteiger partial charge on any atom is -0.497 e. The van der Waals surface area contributed by atoms with Crippen molar-refractivity contribution in [1.29, 1.82) is 0 Å². The maximum Gasteiger partial charge on any atom is 0.251 e. The Balaban J connectivity index is 1.68. The molecule has 1 aromatic heterocycles. The zero-order valence-corrected chi connectivity index (χ0v) is 13.6. The van der Waals surface area contributed by atoms with Gasteiger partial charge >= 0.3 is 0 Å². The Labute approximate surface area is 140 Å². The van der Waals surface area contributed by atoms with Crippen molar-refractivity contribution in [3.05, 3.63) is 71.4 Å². The normalized spacial score (nSPS) is 10.4. The zero-order chi connectivity index (χ0) is 16.9. The first-order valence-electron chi connectivity index (χ1n) is 7.61. The van der Waals surface area contributed by atoms with Crippen molar-refractivity contribution in [3.63, 3.8) is 0 Å². The van der Waals surface area contributed by atoms with Crippen molar-refractivity contribution in [1.82, 2.24) is 10.5 Å². The second-order valence-electron chi connectivity index (χ2n) is 5.41. The van der Waals surface area contributed by atoms with Crippen LogP contribution in [-0.2, 0) is 6.54 Å². The van der Waals surface area contributed by atoms with Gasteiger partial charge in [0.15, 0.2) is 5.76 Å². The fourth-order valence-corrected chi connectivity index (χ4v) is 2.40. The van der Waals surface area contributed by atoms with E-state index in [1.54, 1.807) is 13.2 Å². The summed E-state index contributed by atoms with van der Waals surface area (Å²) in [5.74, 6) is 1.26. The minimum atomic E-state index is -0.126. The molecule has 5 heteroatoms. The van der Waals surface area contributed by atoms with Crippen LogP contribution in [0, 0.1) is 6.92 Å². The molecule has 0 saturated heterocycles. The third-order valence-electron chi connectivity index (χ3n) is 3.73. The number of carbonyl (C=O) groups excluding carboxylic acids is 1. The molecule has 0 aliphatic rings. The molecule has 1 heterocycles. The van der Waals surface area contributed by atoms with Crippen molar-refractivity contribution >= 4 is 5.91 Å². The molecule has 3 aromatic rings. The lowest BCUT2D eigenvalue weighted by Crippen LogP contribution is -2.23. The lowest BCUT2D eigenvalue weighted by Gasteiger charge is -2.05. The van der Waals surface area contributed by atoms with Gasteiger partial charge in [0.2, 0.25) is 0 Å². The van der Waals surface area contributed by atoms with E-state index in [1.807, 2.05) is 55.5 Å². The predicted molar refractivity (Wildman–Crippen MR) is 90.8 cm³/mol. The highest BCUT2D eigenvalue weighted by Crippen LogP contribution is 2.24. The number of aromatic nitrogens is 1. The van der Waals surface area contributed by atoms with Gasteiger partial charge in [-0.15, -0.1) is 0 Å². The third kappa shape index (κ3) is 3.46. The molecular weight excluding hydrogens is 304 g/mol. The molecule has 0 atom stereocenters. The van der Waals surface area contributed by atoms with E-state index in [1.165, 1.54) is 0 Å². The Bertz CT molecular complexity index is 855. The molecule has 5 nitrogen and oxygen atoms in total. The highest BCUT2D eigenvalue weighted by molar-refractivity contribution is 5.95. The second-order valence-corrected chi connectivity index (χ2v) is 5.41. The number of carbonyl (C=O) groups is 1. The lowest BCUT2D eigenvalue weighted by atomic mass is 10.1. The van der Waals surface area contributed by atoms with E-state index in [0.29, 0.717) is 23.6 Å². The number of nitrogens with one attached hydrogen (secondary N) is 1. The summed E-state index contributed by atoms with van der Waals surface area (Å²) < 4.78 is 10.6. The van der Waals surface area contributed by atoms with Crippen molar-refractivity contribution in [3.8, 4) is 17.1 Å². The summed E-state index contributed by atoms with van der Waals surface area (Å²) in [4.78, 5) is 12.2. The first-order valence-corrected chi connectivity index (χ1v) is 7.61. The first kappa shape index (κ1) is 15.8. The Kier molecular flexibility index (Phi) is 4.61. The molecule has 1 amide bonds. The number of aryl methyl sites for hydroxylation is 1. The highest BCUT2D eigenvalue weighted by atomic mass is 16.5. The fraction of sp³-hybridized carbons (Fsp3) is 0.158. The Morgan fingerprint density at radius 1 is 1.17 bits per heavy atom. The minimum absolute atomic E-state index is 0.126. The Hall–Kier alpha value is -3.08. The molecule has 2 aromatic carbocycles. The van der Waals surface area contributed by atoms with Crippen LogP contribution in [0.3, 0.4) is 0 Å². The van der Waals surface area contributed by atoms with Crippen molar-refractivity contribution < 1.29 is 14.1 Å². The molecule has 122 valence electrons. The van der Waals surface area contributed by atoms with E-state index >= 15 is 0 Å². The molecule has 0 aliphatic carbocycles. The number of nitrogens with zero attached hydrogens (tertiary/aromatic N) is 1. The quantitative estimate of drug-likeness (QED) is 0.779. The van der Waals surface area contributed by atoms with Crippen LogP contribution in [0.4, 0.5) is 0 Å². The van der Waals surface area contributed by atoms with Crippen molar-refractivity contribution in [2.75, 3.05) is 7.11 Å². The van der Waals surface area contributed by atoms with Crippen LogP contribution in [0.1, 0.15) is 21.6 Å². The fourth-order valence-electron chi connectivity index (χ4n) is 2.40. The molecule has 0 radical (unpaired) electrons. The second kappa shape index (κ2) is 7.00. The van der Waals surface area contributed by atoms with Crippen LogP contribution < -0.4 is 10.1 Å². The number of methoxy groups -OCH3 is 1.